The number of hydrogen-bond acceptors (Lipinski definition) is 2. The van der Waals surface area contributed by atoms with Crippen molar-refractivity contribution >= 4 is 0 Å². The molecule has 1 unspecified atom stereocenters. The Morgan fingerprint density at radius 1 is 1.35 bits per heavy atom. The van der Waals surface area contributed by atoms with Crippen molar-refractivity contribution in [3.63, 3.8) is 0 Å². The number of aryl methyl sites for hydroxylation is 1. The lowest BCUT2D eigenvalue weighted by molar-refractivity contribution is 0.00768. The molecule has 1 aromatic rings. The van der Waals surface area contributed by atoms with Crippen LogP contribution in [0.5, 0.6) is 0 Å². The molecule has 1 heterocycles. The molecule has 1 aliphatic rings. The first-order chi connectivity index (χ1) is 8.18. The summed E-state index contributed by atoms with van der Waals surface area (Å²) >= 11 is 0. The number of aromatic nitrogens is 1. The van der Waals surface area contributed by atoms with Gasteiger partial charge in [-0.1, -0.05) is 26.3 Å². The van der Waals surface area contributed by atoms with E-state index >= 15 is 0 Å². The first kappa shape index (κ1) is 12.6. The zero-order chi connectivity index (χ0) is 12.3. The third-order valence-electron chi connectivity index (χ3n) is 3.80. The maximum atomic E-state index is 10.7. The van der Waals surface area contributed by atoms with Crippen molar-refractivity contribution in [2.75, 3.05) is 0 Å². The number of pyridine rings is 1. The van der Waals surface area contributed by atoms with E-state index in [9.17, 15) is 5.11 Å². The van der Waals surface area contributed by atoms with Crippen LogP contribution in [0.4, 0.5) is 0 Å². The fraction of sp³-hybridized carbons (Fsp3) is 0.667. The second kappa shape index (κ2) is 5.18. The van der Waals surface area contributed by atoms with Gasteiger partial charge >= 0.3 is 0 Å². The van der Waals surface area contributed by atoms with Crippen molar-refractivity contribution in [2.45, 2.75) is 58.0 Å². The molecular weight excluding hydrogens is 210 g/mol. The minimum Gasteiger partial charge on any atom is -0.389 e. The smallest absolute Gasteiger partial charge is 0.0730 e. The molecule has 0 radical (unpaired) electrons. The van der Waals surface area contributed by atoms with Crippen LogP contribution in [0.25, 0.3) is 0 Å². The normalized spacial score (nSPS) is 19.0. The fourth-order valence-corrected chi connectivity index (χ4v) is 2.57. The van der Waals surface area contributed by atoms with Gasteiger partial charge in [0.1, 0.15) is 0 Å². The molecule has 2 rings (SSSR count). The van der Waals surface area contributed by atoms with Gasteiger partial charge in [-0.2, -0.15) is 0 Å². The van der Waals surface area contributed by atoms with Gasteiger partial charge in [0.25, 0.3) is 0 Å². The molecule has 1 saturated carbocycles. The lowest BCUT2D eigenvalue weighted by Gasteiger charge is -2.27. The first-order valence-electron chi connectivity index (χ1n) is 6.84. The highest BCUT2D eigenvalue weighted by molar-refractivity contribution is 5.16. The highest BCUT2D eigenvalue weighted by atomic mass is 16.3. The van der Waals surface area contributed by atoms with Crippen molar-refractivity contribution in [1.82, 2.24) is 4.98 Å². The molecule has 1 aromatic heterocycles. The molecule has 1 aliphatic carbocycles. The van der Waals surface area contributed by atoms with Gasteiger partial charge in [0.05, 0.1) is 5.60 Å². The van der Waals surface area contributed by atoms with Crippen molar-refractivity contribution < 1.29 is 5.11 Å². The van der Waals surface area contributed by atoms with Crippen molar-refractivity contribution in [2.24, 2.45) is 5.92 Å². The zero-order valence-corrected chi connectivity index (χ0v) is 10.9. The molecule has 2 heteroatoms. The second-order valence-corrected chi connectivity index (χ2v) is 5.32. The molecule has 17 heavy (non-hydrogen) atoms. The van der Waals surface area contributed by atoms with Crippen LogP contribution in [0.2, 0.25) is 0 Å². The van der Waals surface area contributed by atoms with Crippen LogP contribution >= 0.6 is 0 Å². The molecule has 2 nitrogen and oxygen atoms in total. The Morgan fingerprint density at radius 3 is 2.59 bits per heavy atom. The Hall–Kier alpha value is -0.890. The SMILES string of the molecule is CCCC(O)(Cc1ccc(CC)cn1)C1CC1. The van der Waals surface area contributed by atoms with Gasteiger partial charge in [-0.25, -0.2) is 0 Å². The minimum atomic E-state index is -0.504. The summed E-state index contributed by atoms with van der Waals surface area (Å²) < 4.78 is 0. The molecule has 0 saturated heterocycles. The predicted octanol–water partition coefficient (Wildman–Crippen LogP) is 3.13. The van der Waals surface area contributed by atoms with E-state index in [0.29, 0.717) is 5.92 Å². The van der Waals surface area contributed by atoms with Crippen LogP contribution in [0, 0.1) is 5.92 Å². The Morgan fingerprint density at radius 2 is 2.12 bits per heavy atom. The molecule has 1 fully saturated rings. The number of aliphatic hydroxyl groups is 1. The molecule has 1 N–H and O–H groups in total. The Balaban J connectivity index is 2.06. The van der Waals surface area contributed by atoms with Crippen LogP contribution < -0.4 is 0 Å². The van der Waals surface area contributed by atoms with Crippen LogP contribution in [0.15, 0.2) is 18.3 Å². The van der Waals surface area contributed by atoms with E-state index in [1.165, 1.54) is 18.4 Å². The van der Waals surface area contributed by atoms with Gasteiger partial charge in [-0.15, -0.1) is 0 Å². The maximum absolute atomic E-state index is 10.7. The second-order valence-electron chi connectivity index (χ2n) is 5.32. The van der Waals surface area contributed by atoms with Crippen molar-refractivity contribution in [3.8, 4) is 0 Å². The fourth-order valence-electron chi connectivity index (χ4n) is 2.57. The number of nitrogens with zero attached hydrogens (tertiary/aromatic N) is 1. The third-order valence-corrected chi connectivity index (χ3v) is 3.80. The van der Waals surface area contributed by atoms with E-state index in [1.54, 1.807) is 0 Å². The van der Waals surface area contributed by atoms with Crippen molar-refractivity contribution in [1.29, 1.82) is 0 Å². The highest BCUT2D eigenvalue weighted by Crippen LogP contribution is 2.43. The summed E-state index contributed by atoms with van der Waals surface area (Å²) in [7, 11) is 0. The third kappa shape index (κ3) is 3.06. The topological polar surface area (TPSA) is 33.1 Å². The van der Waals surface area contributed by atoms with Crippen LogP contribution in [-0.2, 0) is 12.8 Å². The van der Waals surface area contributed by atoms with Gasteiger partial charge in [-0.3, -0.25) is 4.98 Å². The van der Waals surface area contributed by atoms with E-state index in [1.807, 2.05) is 6.20 Å². The van der Waals surface area contributed by atoms with E-state index < -0.39 is 5.60 Å². The summed E-state index contributed by atoms with van der Waals surface area (Å²) in [6.45, 7) is 4.27. The minimum absolute atomic E-state index is 0.504. The van der Waals surface area contributed by atoms with E-state index in [-0.39, 0.29) is 0 Å². The average molecular weight is 233 g/mol. The molecule has 0 aliphatic heterocycles. The standard InChI is InChI=1S/C15H23NO/c1-3-9-15(17,13-6-7-13)10-14-8-5-12(4-2)11-16-14/h5,8,11,13,17H,3-4,6-7,9-10H2,1-2H3. The largest absolute Gasteiger partial charge is 0.389 e. The first-order valence-corrected chi connectivity index (χ1v) is 6.84. The molecule has 1 atom stereocenters. The lowest BCUT2D eigenvalue weighted by atomic mass is 9.87. The molecule has 94 valence electrons. The molecule has 0 amide bonds. The summed E-state index contributed by atoms with van der Waals surface area (Å²) in [6.07, 6.45) is 7.99. The molecule has 0 aromatic carbocycles. The van der Waals surface area contributed by atoms with E-state index in [4.69, 9.17) is 0 Å². The number of rotatable bonds is 6. The van der Waals surface area contributed by atoms with Gasteiger partial charge in [0.2, 0.25) is 0 Å². The van der Waals surface area contributed by atoms with Crippen LogP contribution in [0.1, 0.15) is 50.8 Å². The van der Waals surface area contributed by atoms with Gasteiger partial charge in [0, 0.05) is 18.3 Å². The van der Waals surface area contributed by atoms with Crippen LogP contribution in [-0.4, -0.2) is 15.7 Å². The summed E-state index contributed by atoms with van der Waals surface area (Å²) in [4.78, 5) is 4.47. The monoisotopic (exact) mass is 233 g/mol. The highest BCUT2D eigenvalue weighted by Gasteiger charge is 2.43. The Labute approximate surface area is 104 Å². The summed E-state index contributed by atoms with van der Waals surface area (Å²) in [6, 6.07) is 4.20. The van der Waals surface area contributed by atoms with Gasteiger partial charge < -0.3 is 5.11 Å². The van der Waals surface area contributed by atoms with E-state index in [2.05, 4.69) is 31.0 Å². The Kier molecular flexibility index (Phi) is 3.82. The summed E-state index contributed by atoms with van der Waals surface area (Å²) in [5.41, 5.74) is 1.79. The van der Waals surface area contributed by atoms with Crippen LogP contribution in [0.3, 0.4) is 0 Å². The summed E-state index contributed by atoms with van der Waals surface area (Å²) in [5.74, 6) is 0.509. The number of hydrogen-bond donors (Lipinski definition) is 1. The molecule has 0 spiro atoms. The average Bonchev–Trinajstić information content (AvgIpc) is 3.14. The quantitative estimate of drug-likeness (QED) is 0.819. The van der Waals surface area contributed by atoms with E-state index in [0.717, 1.165) is 31.4 Å². The summed E-state index contributed by atoms with van der Waals surface area (Å²) in [5, 5.41) is 10.7. The Bertz CT molecular complexity index is 356. The lowest BCUT2D eigenvalue weighted by Crippen LogP contribution is -2.34. The van der Waals surface area contributed by atoms with Gasteiger partial charge in [-0.05, 0) is 43.2 Å². The molecule has 0 bridgehead atoms. The molecular formula is C15H23NO. The predicted molar refractivity (Wildman–Crippen MR) is 69.9 cm³/mol. The maximum Gasteiger partial charge on any atom is 0.0730 e. The van der Waals surface area contributed by atoms with Crippen molar-refractivity contribution in [3.05, 3.63) is 29.6 Å². The zero-order valence-electron chi connectivity index (χ0n) is 10.9. The van der Waals surface area contributed by atoms with Gasteiger partial charge in [0.15, 0.2) is 0 Å².